The fourth-order valence-electron chi connectivity index (χ4n) is 2.47. The second kappa shape index (κ2) is 1.76. The SMILES string of the molecule is CCC1(C2(N)CC2)CCC1. The van der Waals surface area contributed by atoms with Crippen LogP contribution in [0.25, 0.3) is 0 Å². The van der Waals surface area contributed by atoms with Crippen molar-refractivity contribution >= 4 is 0 Å². The van der Waals surface area contributed by atoms with Crippen molar-refractivity contribution in [1.82, 2.24) is 0 Å². The highest BCUT2D eigenvalue weighted by molar-refractivity contribution is 5.14. The first-order chi connectivity index (χ1) is 4.72. The van der Waals surface area contributed by atoms with Crippen molar-refractivity contribution in [1.29, 1.82) is 0 Å². The molecule has 10 heavy (non-hydrogen) atoms. The van der Waals surface area contributed by atoms with Crippen LogP contribution >= 0.6 is 0 Å². The zero-order valence-corrected chi connectivity index (χ0v) is 6.82. The van der Waals surface area contributed by atoms with E-state index < -0.39 is 0 Å². The number of nitrogens with two attached hydrogens (primary N) is 1. The highest BCUT2D eigenvalue weighted by Crippen LogP contribution is 2.60. The topological polar surface area (TPSA) is 26.0 Å². The van der Waals surface area contributed by atoms with Gasteiger partial charge in [0.1, 0.15) is 0 Å². The third-order valence-electron chi connectivity index (χ3n) is 3.83. The van der Waals surface area contributed by atoms with E-state index >= 15 is 0 Å². The lowest BCUT2D eigenvalue weighted by atomic mass is 9.61. The Morgan fingerprint density at radius 3 is 1.90 bits per heavy atom. The maximum absolute atomic E-state index is 6.20. The van der Waals surface area contributed by atoms with Gasteiger partial charge in [-0.1, -0.05) is 13.3 Å². The average molecular weight is 139 g/mol. The van der Waals surface area contributed by atoms with Crippen LogP contribution < -0.4 is 5.73 Å². The lowest BCUT2D eigenvalue weighted by Gasteiger charge is -2.46. The molecule has 0 heterocycles. The molecule has 2 rings (SSSR count). The Bertz CT molecular complexity index is 137. The zero-order valence-electron chi connectivity index (χ0n) is 6.82. The molecular weight excluding hydrogens is 122 g/mol. The number of hydrogen-bond donors (Lipinski definition) is 1. The van der Waals surface area contributed by atoms with Gasteiger partial charge in [-0.2, -0.15) is 0 Å². The van der Waals surface area contributed by atoms with E-state index in [1.165, 1.54) is 38.5 Å². The molecule has 0 aliphatic heterocycles. The molecule has 1 heteroatoms. The third-order valence-corrected chi connectivity index (χ3v) is 3.83. The third kappa shape index (κ3) is 0.619. The summed E-state index contributed by atoms with van der Waals surface area (Å²) in [6.45, 7) is 2.30. The Morgan fingerprint density at radius 1 is 1.20 bits per heavy atom. The molecule has 0 aromatic carbocycles. The lowest BCUT2D eigenvalue weighted by Crippen LogP contribution is -2.48. The molecule has 2 N–H and O–H groups in total. The Hall–Kier alpha value is -0.0400. The molecule has 1 nitrogen and oxygen atoms in total. The minimum absolute atomic E-state index is 0.292. The van der Waals surface area contributed by atoms with Crippen LogP contribution in [0, 0.1) is 5.41 Å². The van der Waals surface area contributed by atoms with Crippen LogP contribution in [0.1, 0.15) is 45.4 Å². The van der Waals surface area contributed by atoms with Gasteiger partial charge in [-0.15, -0.1) is 0 Å². The van der Waals surface area contributed by atoms with Crippen molar-refractivity contribution in [3.05, 3.63) is 0 Å². The molecule has 0 bridgehead atoms. The van der Waals surface area contributed by atoms with Gasteiger partial charge in [0.25, 0.3) is 0 Å². The molecule has 0 aromatic rings. The van der Waals surface area contributed by atoms with Gasteiger partial charge in [-0.3, -0.25) is 0 Å². The molecule has 0 atom stereocenters. The van der Waals surface area contributed by atoms with Crippen molar-refractivity contribution in [2.24, 2.45) is 11.1 Å². The van der Waals surface area contributed by atoms with Crippen LogP contribution in [0.15, 0.2) is 0 Å². The highest BCUT2D eigenvalue weighted by Gasteiger charge is 2.57. The molecule has 2 saturated carbocycles. The Morgan fingerprint density at radius 2 is 1.80 bits per heavy atom. The minimum Gasteiger partial charge on any atom is -0.325 e. The fourth-order valence-corrected chi connectivity index (χ4v) is 2.47. The van der Waals surface area contributed by atoms with E-state index in [4.69, 9.17) is 5.73 Å². The summed E-state index contributed by atoms with van der Waals surface area (Å²) in [7, 11) is 0. The van der Waals surface area contributed by atoms with Crippen molar-refractivity contribution in [2.75, 3.05) is 0 Å². The van der Waals surface area contributed by atoms with Crippen LogP contribution in [0.2, 0.25) is 0 Å². The predicted molar refractivity (Wildman–Crippen MR) is 42.7 cm³/mol. The van der Waals surface area contributed by atoms with E-state index in [0.29, 0.717) is 11.0 Å². The van der Waals surface area contributed by atoms with Crippen LogP contribution in [0.4, 0.5) is 0 Å². The molecule has 0 amide bonds. The summed E-state index contributed by atoms with van der Waals surface area (Å²) in [5.41, 5.74) is 7.08. The van der Waals surface area contributed by atoms with Gasteiger partial charge in [-0.25, -0.2) is 0 Å². The van der Waals surface area contributed by atoms with Gasteiger partial charge in [0, 0.05) is 5.54 Å². The molecule has 0 spiro atoms. The first-order valence-electron chi connectivity index (χ1n) is 4.51. The van der Waals surface area contributed by atoms with Crippen LogP contribution in [-0.2, 0) is 0 Å². The van der Waals surface area contributed by atoms with Gasteiger partial charge in [0.05, 0.1) is 0 Å². The van der Waals surface area contributed by atoms with Gasteiger partial charge in [0.2, 0.25) is 0 Å². The van der Waals surface area contributed by atoms with Crippen LogP contribution in [0.3, 0.4) is 0 Å². The Balaban J connectivity index is 2.11. The molecule has 0 radical (unpaired) electrons. The number of hydrogen-bond acceptors (Lipinski definition) is 1. The summed E-state index contributed by atoms with van der Waals surface area (Å²) in [6, 6.07) is 0. The van der Waals surface area contributed by atoms with Gasteiger partial charge >= 0.3 is 0 Å². The monoisotopic (exact) mass is 139 g/mol. The molecule has 2 fully saturated rings. The van der Waals surface area contributed by atoms with E-state index in [9.17, 15) is 0 Å². The first kappa shape index (κ1) is 6.66. The smallest absolute Gasteiger partial charge is 0.0212 e. The van der Waals surface area contributed by atoms with E-state index in [2.05, 4.69) is 6.92 Å². The lowest BCUT2D eigenvalue weighted by molar-refractivity contribution is 0.0751. The molecular formula is C9H17N. The van der Waals surface area contributed by atoms with Crippen molar-refractivity contribution in [3.8, 4) is 0 Å². The van der Waals surface area contributed by atoms with Gasteiger partial charge in [-0.05, 0) is 37.5 Å². The predicted octanol–water partition coefficient (Wildman–Crippen LogP) is 2.06. The molecule has 0 saturated heterocycles. The quantitative estimate of drug-likeness (QED) is 0.622. The first-order valence-corrected chi connectivity index (χ1v) is 4.51. The summed E-state index contributed by atoms with van der Waals surface area (Å²) in [4.78, 5) is 0. The Labute approximate surface area is 63.0 Å². The van der Waals surface area contributed by atoms with E-state index in [0.717, 1.165) is 0 Å². The molecule has 0 unspecified atom stereocenters. The second-order valence-corrected chi connectivity index (χ2v) is 4.14. The average Bonchev–Trinajstić information content (AvgIpc) is 2.47. The second-order valence-electron chi connectivity index (χ2n) is 4.14. The molecule has 0 aromatic heterocycles. The minimum atomic E-state index is 0.292. The van der Waals surface area contributed by atoms with Gasteiger partial charge in [0.15, 0.2) is 0 Å². The van der Waals surface area contributed by atoms with Crippen molar-refractivity contribution < 1.29 is 0 Å². The molecule has 2 aliphatic rings. The van der Waals surface area contributed by atoms with E-state index in [1.807, 2.05) is 0 Å². The molecule has 2 aliphatic carbocycles. The van der Waals surface area contributed by atoms with Crippen molar-refractivity contribution in [3.63, 3.8) is 0 Å². The molecule has 58 valence electrons. The van der Waals surface area contributed by atoms with Crippen molar-refractivity contribution in [2.45, 2.75) is 51.0 Å². The van der Waals surface area contributed by atoms with E-state index in [1.54, 1.807) is 0 Å². The summed E-state index contributed by atoms with van der Waals surface area (Å²) >= 11 is 0. The summed E-state index contributed by atoms with van der Waals surface area (Å²) in [5.74, 6) is 0. The maximum Gasteiger partial charge on any atom is 0.0212 e. The van der Waals surface area contributed by atoms with E-state index in [-0.39, 0.29) is 0 Å². The normalized spacial score (nSPS) is 33.0. The Kier molecular flexibility index (Phi) is 1.17. The van der Waals surface area contributed by atoms with Crippen LogP contribution in [0.5, 0.6) is 0 Å². The van der Waals surface area contributed by atoms with Crippen LogP contribution in [-0.4, -0.2) is 5.54 Å². The maximum atomic E-state index is 6.20. The largest absolute Gasteiger partial charge is 0.325 e. The van der Waals surface area contributed by atoms with Gasteiger partial charge < -0.3 is 5.73 Å². The zero-order chi connectivity index (χ0) is 7.24. The summed E-state index contributed by atoms with van der Waals surface area (Å²) in [6.07, 6.45) is 8.12. The summed E-state index contributed by atoms with van der Waals surface area (Å²) < 4.78 is 0. The highest BCUT2D eigenvalue weighted by atomic mass is 14.9. The summed E-state index contributed by atoms with van der Waals surface area (Å²) in [5, 5.41) is 0. The standard InChI is InChI=1S/C9H17N/c1-2-8(4-3-5-8)9(10)6-7-9/h2-7,10H2,1H3. The number of rotatable bonds is 2. The fraction of sp³-hybridized carbons (Fsp3) is 1.00.